The quantitative estimate of drug-likeness (QED) is 0.0116. The number of nitrogen functional groups attached to an aromatic ring is 1. The van der Waals surface area contributed by atoms with E-state index in [1.807, 2.05) is 60.7 Å². The van der Waals surface area contributed by atoms with Crippen molar-refractivity contribution in [1.29, 1.82) is 0 Å². The minimum absolute atomic E-state index is 0. The molecule has 6 aromatic carbocycles. The summed E-state index contributed by atoms with van der Waals surface area (Å²) in [5, 5.41) is 32.5. The molecule has 326 valence electrons. The second-order valence-electron chi connectivity index (χ2n) is 12.3. The molecule has 0 bridgehead atoms. The summed E-state index contributed by atoms with van der Waals surface area (Å²) in [5.41, 5.74) is 13.1. The minimum Gasteiger partial charge on any atom is -0.399 e. The fourth-order valence-electron chi connectivity index (χ4n) is 4.86. The molecule has 0 aliphatic rings. The van der Waals surface area contributed by atoms with Crippen molar-refractivity contribution >= 4 is 88.3 Å². The van der Waals surface area contributed by atoms with Crippen molar-refractivity contribution in [1.82, 2.24) is 0 Å². The third-order valence-electron chi connectivity index (χ3n) is 7.77. The molecule has 0 unspecified atom stereocenters. The van der Waals surface area contributed by atoms with E-state index in [2.05, 4.69) is 20.5 Å². The first-order valence-corrected chi connectivity index (χ1v) is 21.7. The number of aliphatic imine (C=N–C) groups is 1. The van der Waals surface area contributed by atoms with E-state index in [1.165, 1.54) is 24.3 Å². The number of nitrogens with zero attached hydrogens (tertiary/aromatic N) is 5. The van der Waals surface area contributed by atoms with E-state index in [0.717, 1.165) is 47.8 Å². The van der Waals surface area contributed by atoms with E-state index in [1.54, 1.807) is 24.3 Å². The largest absolute Gasteiger partial charge is 1.00 e. The summed E-state index contributed by atoms with van der Waals surface area (Å²) in [6, 6.07) is 36.7. The van der Waals surface area contributed by atoms with E-state index in [-0.39, 0.29) is 45.6 Å². The van der Waals surface area contributed by atoms with Crippen molar-refractivity contribution in [2.24, 2.45) is 21.0 Å². The molecule has 0 aromatic heterocycles. The van der Waals surface area contributed by atoms with Crippen molar-refractivity contribution < 1.29 is 78.3 Å². The maximum atomic E-state index is 11.5. The Hall–Kier alpha value is -6.74. The first-order valence-electron chi connectivity index (χ1n) is 17.4. The van der Waals surface area contributed by atoms with Crippen LogP contribution in [0.1, 0.15) is 11.1 Å². The summed E-state index contributed by atoms with van der Waals surface area (Å²) < 4.78 is 94.9. The van der Waals surface area contributed by atoms with Gasteiger partial charge in [-0.3, -0.25) is 33.9 Å². The van der Waals surface area contributed by atoms with Crippen LogP contribution in [-0.2, 0) is 30.4 Å². The van der Waals surface area contributed by atoms with E-state index >= 15 is 0 Å². The van der Waals surface area contributed by atoms with Gasteiger partial charge in [-0.25, -0.2) is 4.99 Å². The summed E-state index contributed by atoms with van der Waals surface area (Å²) in [7, 11) is -13.9. The molecule has 0 atom stereocenters. The Morgan fingerprint density at radius 1 is 0.562 bits per heavy atom. The van der Waals surface area contributed by atoms with Gasteiger partial charge in [-0.1, -0.05) is 48.6 Å². The van der Waals surface area contributed by atoms with Crippen molar-refractivity contribution in [3.05, 3.63) is 177 Å². The molecule has 0 spiro atoms. The zero-order valence-corrected chi connectivity index (χ0v) is 37.5. The number of rotatable bonds is 11. The molecule has 0 heterocycles. The molecule has 25 heteroatoms. The number of hydrogen-bond acceptors (Lipinski definition) is 14. The predicted octanol–water partition coefficient (Wildman–Crippen LogP) is 4.85. The van der Waals surface area contributed by atoms with Gasteiger partial charge in [0.1, 0.15) is 9.79 Å². The summed E-state index contributed by atoms with van der Waals surface area (Å²) in [6.07, 6.45) is 2.01. The van der Waals surface area contributed by atoms with Gasteiger partial charge in [-0.2, -0.15) is 35.5 Å². The number of nitro groups is 2. The van der Waals surface area contributed by atoms with Gasteiger partial charge < -0.3 is 16.8 Å². The van der Waals surface area contributed by atoms with Crippen molar-refractivity contribution in [2.45, 2.75) is 14.7 Å². The van der Waals surface area contributed by atoms with Crippen LogP contribution in [0.15, 0.2) is 176 Å². The number of para-hydroxylation sites is 2. The number of anilines is 2. The van der Waals surface area contributed by atoms with Crippen LogP contribution in [0.5, 0.6) is 0 Å². The van der Waals surface area contributed by atoms with Crippen LogP contribution in [0.25, 0.3) is 12.2 Å². The molecule has 0 fully saturated rings. The molecule has 0 radical (unpaired) electrons. The second kappa shape index (κ2) is 23.1. The number of nitrogens with two attached hydrogens (primary N) is 2. The SMILES string of the molecule is NC(=Nc1ccccc1)Nc1ccccc1.Nc1ccc(N=Nc2ccc(S(=O)(=O)O)cc2)cc1.O=[N+]([O-])c1ccc(/C=C/c2ccc([N+](=O)[O-])cc2S(=O)(=O)O)c(S(=O)(=O)O)c1.[Na+]. The Morgan fingerprint density at radius 3 is 1.36 bits per heavy atom. The number of azo groups is 1. The van der Waals surface area contributed by atoms with E-state index in [4.69, 9.17) is 16.0 Å². The normalized spacial score (nSPS) is 11.6. The zero-order chi connectivity index (χ0) is 46.4. The molecule has 0 saturated heterocycles. The first kappa shape index (κ1) is 51.6. The minimum atomic E-state index is -4.86. The molecule has 0 amide bonds. The number of nitrogens with one attached hydrogen (secondary N) is 1. The third-order valence-corrected chi connectivity index (χ3v) is 10.5. The fraction of sp³-hybridized carbons (Fsp3) is 0. The first-order chi connectivity index (χ1) is 29.6. The molecule has 8 N–H and O–H groups in total. The molecular weight excluding hydrogens is 908 g/mol. The summed E-state index contributed by atoms with van der Waals surface area (Å²) in [6.45, 7) is 0. The van der Waals surface area contributed by atoms with Gasteiger partial charge in [0.2, 0.25) is 0 Å². The van der Waals surface area contributed by atoms with E-state index in [9.17, 15) is 54.6 Å². The molecule has 0 aliphatic heterocycles. The fourth-order valence-corrected chi connectivity index (χ4v) is 6.74. The van der Waals surface area contributed by atoms with Gasteiger partial charge in [0.15, 0.2) is 5.96 Å². The second-order valence-corrected chi connectivity index (χ2v) is 16.5. The van der Waals surface area contributed by atoms with Crippen molar-refractivity contribution in [3.8, 4) is 0 Å². The van der Waals surface area contributed by atoms with Gasteiger partial charge in [0.05, 0.1) is 31.8 Å². The standard InChI is InChI=1S/C14H10N2O10S2.C13H13N3.C12H11N3O3S.Na/c17-15(18)11-5-3-9(13(7-11)27(21,22)23)1-2-10-4-6-12(16(19)20)8-14(10)28(24,25)26;14-13(15-11-7-3-1-4-8-11)16-12-9-5-2-6-10-12;13-9-1-3-10(4-2-9)14-15-11-5-7-12(8-6-11)19(16,17)18;/h1-8H,(H,21,22,23)(H,24,25,26);1-10H,(H3,14,15,16);1-8H,13H2,(H,16,17,18);/q;;;+1/b2-1+;;;. The number of guanidine groups is 1. The van der Waals surface area contributed by atoms with E-state index < -0.39 is 61.4 Å². The summed E-state index contributed by atoms with van der Waals surface area (Å²) >= 11 is 0. The number of nitro benzene ring substituents is 2. The van der Waals surface area contributed by atoms with Crippen LogP contribution in [0.2, 0.25) is 0 Å². The predicted molar refractivity (Wildman–Crippen MR) is 234 cm³/mol. The van der Waals surface area contributed by atoms with Crippen molar-refractivity contribution in [3.63, 3.8) is 0 Å². The Kier molecular flexibility index (Phi) is 18.6. The van der Waals surface area contributed by atoms with E-state index in [0.29, 0.717) is 35.2 Å². The molecule has 21 nitrogen and oxygen atoms in total. The van der Waals surface area contributed by atoms with Crippen LogP contribution in [-0.4, -0.2) is 54.7 Å². The Balaban J connectivity index is 0.000000265. The summed E-state index contributed by atoms with van der Waals surface area (Å²) in [4.78, 5) is 22.2. The maximum Gasteiger partial charge on any atom is 1.00 e. The van der Waals surface area contributed by atoms with Gasteiger partial charge in [-0.05, 0) is 96.1 Å². The van der Waals surface area contributed by atoms with Gasteiger partial charge in [0, 0.05) is 35.6 Å². The monoisotopic (exact) mass is 941 g/mol. The smallest absolute Gasteiger partial charge is 0.399 e. The van der Waals surface area contributed by atoms with Crippen LogP contribution in [0.4, 0.5) is 39.8 Å². The molecule has 64 heavy (non-hydrogen) atoms. The average Bonchev–Trinajstić information content (AvgIpc) is 3.23. The van der Waals surface area contributed by atoms with Crippen LogP contribution < -0.4 is 46.3 Å². The molecule has 6 aromatic rings. The Bertz CT molecular complexity index is 2920. The molecule has 6 rings (SSSR count). The third kappa shape index (κ3) is 16.5. The summed E-state index contributed by atoms with van der Waals surface area (Å²) in [5.74, 6) is 0.386. The van der Waals surface area contributed by atoms with Crippen LogP contribution >= 0.6 is 0 Å². The Labute approximate surface area is 387 Å². The molecular formula is C39H34N8NaO13S3+. The topological polar surface area (TPSA) is 351 Å². The van der Waals surface area contributed by atoms with Gasteiger partial charge in [0.25, 0.3) is 41.7 Å². The number of benzene rings is 6. The number of hydrogen-bond donors (Lipinski definition) is 6. The average molecular weight is 942 g/mol. The van der Waals surface area contributed by atoms with Crippen LogP contribution in [0.3, 0.4) is 0 Å². The van der Waals surface area contributed by atoms with Gasteiger partial charge >= 0.3 is 29.6 Å². The Morgan fingerprint density at radius 2 is 0.969 bits per heavy atom. The number of non-ortho nitro benzene ring substituents is 2. The van der Waals surface area contributed by atoms with Crippen LogP contribution in [0, 0.1) is 20.2 Å². The molecule has 0 saturated carbocycles. The molecule has 0 aliphatic carbocycles. The van der Waals surface area contributed by atoms with Gasteiger partial charge in [-0.15, -0.1) is 0 Å². The van der Waals surface area contributed by atoms with Crippen molar-refractivity contribution in [2.75, 3.05) is 11.1 Å². The maximum absolute atomic E-state index is 11.5. The zero-order valence-electron chi connectivity index (χ0n) is 33.1.